The quantitative estimate of drug-likeness (QED) is 0.702. The van der Waals surface area contributed by atoms with Gasteiger partial charge in [-0.1, -0.05) is 12.1 Å². The van der Waals surface area contributed by atoms with Crippen LogP contribution in [0.2, 0.25) is 0 Å². The first kappa shape index (κ1) is 20.9. The summed E-state index contributed by atoms with van der Waals surface area (Å²) in [5.41, 5.74) is -0.0628. The normalized spacial score (nSPS) is 34.6. The van der Waals surface area contributed by atoms with Crippen molar-refractivity contribution in [2.75, 3.05) is 19.0 Å². The summed E-state index contributed by atoms with van der Waals surface area (Å²) in [6.07, 6.45) is 7.49. The van der Waals surface area contributed by atoms with Crippen LogP contribution in [0.3, 0.4) is 0 Å². The minimum absolute atomic E-state index is 0.0415. The molecule has 4 bridgehead atoms. The zero-order valence-corrected chi connectivity index (χ0v) is 18.7. The Hall–Kier alpha value is -1.93. The lowest BCUT2D eigenvalue weighted by Gasteiger charge is -2.55. The molecule has 4 aliphatic carbocycles. The molecule has 1 saturated heterocycles. The maximum atomic E-state index is 13.5. The lowest BCUT2D eigenvalue weighted by atomic mass is 9.49. The van der Waals surface area contributed by atoms with Crippen LogP contribution in [0.1, 0.15) is 51.4 Å². The Morgan fingerprint density at radius 1 is 1.06 bits per heavy atom. The molecular formula is C23H30N2O5S. The molecule has 1 amide bonds. The minimum atomic E-state index is -3.96. The number of hydrogen-bond donors (Lipinski definition) is 1. The molecule has 0 aromatic heterocycles. The van der Waals surface area contributed by atoms with E-state index in [1.807, 2.05) is 0 Å². The van der Waals surface area contributed by atoms with Gasteiger partial charge in [-0.25, -0.2) is 8.42 Å². The van der Waals surface area contributed by atoms with Crippen molar-refractivity contribution in [2.24, 2.45) is 23.2 Å². The van der Waals surface area contributed by atoms with E-state index in [4.69, 9.17) is 4.74 Å². The molecule has 8 heteroatoms. The first-order valence-electron chi connectivity index (χ1n) is 11.3. The third-order valence-corrected chi connectivity index (χ3v) is 9.89. The fourth-order valence-electron chi connectivity index (χ4n) is 6.96. The highest BCUT2D eigenvalue weighted by Crippen LogP contribution is 2.60. The molecule has 1 aromatic rings. The average Bonchev–Trinajstić information content (AvgIpc) is 3.23. The molecule has 5 aliphatic rings. The SMILES string of the molecule is COC(=O)[C@H]1CCCN1S(=O)(=O)c1ccccc1NC(=O)C12CC3CC(CC(C3)C1)C2. The van der Waals surface area contributed by atoms with Gasteiger partial charge in [-0.2, -0.15) is 4.31 Å². The molecule has 0 spiro atoms. The number of methoxy groups -OCH3 is 1. The van der Waals surface area contributed by atoms with E-state index in [-0.39, 0.29) is 22.8 Å². The summed E-state index contributed by atoms with van der Waals surface area (Å²) < 4.78 is 33.0. The standard InChI is InChI=1S/C23H30N2O5S/c1-30-21(26)19-6-4-8-25(19)31(28,29)20-7-3-2-5-18(20)24-22(27)23-12-15-9-16(13-23)11-17(10-15)14-23/h2-3,5,7,15-17,19H,4,6,8-14H2,1H3,(H,24,27)/t15?,16?,17?,19-,23?/m1/s1. The third kappa shape index (κ3) is 3.48. The highest BCUT2D eigenvalue weighted by Gasteiger charge is 2.54. The second-order valence-corrected chi connectivity index (χ2v) is 11.8. The summed E-state index contributed by atoms with van der Waals surface area (Å²) in [7, 11) is -2.69. The maximum absolute atomic E-state index is 13.5. The van der Waals surface area contributed by atoms with Crippen molar-refractivity contribution in [1.29, 1.82) is 0 Å². The van der Waals surface area contributed by atoms with Crippen molar-refractivity contribution in [2.45, 2.75) is 62.3 Å². The predicted molar refractivity (Wildman–Crippen MR) is 115 cm³/mol. The lowest BCUT2D eigenvalue weighted by molar-refractivity contribution is -0.144. The Morgan fingerprint density at radius 3 is 2.29 bits per heavy atom. The van der Waals surface area contributed by atoms with Crippen LogP contribution in [0.15, 0.2) is 29.2 Å². The number of esters is 1. The highest BCUT2D eigenvalue weighted by atomic mass is 32.2. The van der Waals surface area contributed by atoms with E-state index in [1.54, 1.807) is 18.2 Å². The van der Waals surface area contributed by atoms with Crippen LogP contribution in [0.4, 0.5) is 5.69 Å². The van der Waals surface area contributed by atoms with Crippen molar-refractivity contribution in [1.82, 2.24) is 4.31 Å². The van der Waals surface area contributed by atoms with Crippen molar-refractivity contribution in [3.05, 3.63) is 24.3 Å². The molecule has 1 aromatic carbocycles. The summed E-state index contributed by atoms with van der Waals surface area (Å²) in [5, 5.41) is 2.99. The van der Waals surface area contributed by atoms with Gasteiger partial charge in [0.05, 0.1) is 18.2 Å². The molecule has 7 nitrogen and oxygen atoms in total. The van der Waals surface area contributed by atoms with E-state index >= 15 is 0 Å². The summed E-state index contributed by atoms with van der Waals surface area (Å²) >= 11 is 0. The molecule has 1 atom stereocenters. The van der Waals surface area contributed by atoms with Gasteiger partial charge in [0.25, 0.3) is 0 Å². The first-order chi connectivity index (χ1) is 14.8. The zero-order valence-electron chi connectivity index (χ0n) is 17.9. The smallest absolute Gasteiger partial charge is 0.324 e. The first-order valence-corrected chi connectivity index (χ1v) is 12.8. The van der Waals surface area contributed by atoms with Gasteiger partial charge in [0.1, 0.15) is 10.9 Å². The van der Waals surface area contributed by atoms with E-state index in [1.165, 1.54) is 36.7 Å². The summed E-state index contributed by atoms with van der Waals surface area (Å²) in [4.78, 5) is 25.7. The van der Waals surface area contributed by atoms with E-state index in [9.17, 15) is 18.0 Å². The largest absolute Gasteiger partial charge is 0.468 e. The monoisotopic (exact) mass is 446 g/mol. The van der Waals surface area contributed by atoms with Gasteiger partial charge in [0.2, 0.25) is 15.9 Å². The van der Waals surface area contributed by atoms with Crippen LogP contribution in [0.5, 0.6) is 0 Å². The highest BCUT2D eigenvalue weighted by molar-refractivity contribution is 7.89. The number of nitrogens with one attached hydrogen (secondary N) is 1. The fraction of sp³-hybridized carbons (Fsp3) is 0.652. The summed E-state index contributed by atoms with van der Waals surface area (Å²) in [6, 6.07) is 5.72. The number of anilines is 1. The van der Waals surface area contributed by atoms with Gasteiger partial charge in [0.15, 0.2) is 0 Å². The van der Waals surface area contributed by atoms with Crippen LogP contribution in [0, 0.1) is 23.2 Å². The van der Waals surface area contributed by atoms with Crippen LogP contribution in [-0.4, -0.2) is 44.3 Å². The Bertz CT molecular complexity index is 970. The molecule has 1 N–H and O–H groups in total. The number of amides is 1. The predicted octanol–water partition coefficient (Wildman–Crippen LogP) is 3.17. The number of rotatable bonds is 5. The number of nitrogens with zero attached hydrogens (tertiary/aromatic N) is 1. The molecule has 168 valence electrons. The number of hydrogen-bond acceptors (Lipinski definition) is 5. The number of carbonyl (C=O) groups is 2. The van der Waals surface area contributed by atoms with Crippen LogP contribution in [0.25, 0.3) is 0 Å². The number of sulfonamides is 1. The molecule has 0 unspecified atom stereocenters. The Kier molecular flexibility index (Phi) is 5.13. The van der Waals surface area contributed by atoms with Crippen LogP contribution < -0.4 is 5.32 Å². The molecule has 5 fully saturated rings. The maximum Gasteiger partial charge on any atom is 0.324 e. The van der Waals surface area contributed by atoms with Crippen molar-refractivity contribution >= 4 is 27.6 Å². The van der Waals surface area contributed by atoms with E-state index in [2.05, 4.69) is 5.32 Å². The average molecular weight is 447 g/mol. The number of benzene rings is 1. The van der Waals surface area contributed by atoms with Gasteiger partial charge < -0.3 is 10.1 Å². The lowest BCUT2D eigenvalue weighted by Crippen LogP contribution is -2.51. The summed E-state index contributed by atoms with van der Waals surface area (Å²) in [6.45, 7) is 0.263. The van der Waals surface area contributed by atoms with E-state index in [0.29, 0.717) is 36.3 Å². The van der Waals surface area contributed by atoms with Gasteiger partial charge in [0, 0.05) is 6.54 Å². The zero-order chi connectivity index (χ0) is 21.8. The topological polar surface area (TPSA) is 92.8 Å². The minimum Gasteiger partial charge on any atom is -0.468 e. The van der Waals surface area contributed by atoms with E-state index in [0.717, 1.165) is 19.3 Å². The number of carbonyl (C=O) groups excluding carboxylic acids is 2. The Labute approximate surface area is 183 Å². The second-order valence-electron chi connectivity index (χ2n) is 9.95. The number of para-hydroxylation sites is 1. The molecular weight excluding hydrogens is 416 g/mol. The second kappa shape index (κ2) is 7.59. The van der Waals surface area contributed by atoms with Crippen molar-refractivity contribution < 1.29 is 22.7 Å². The molecule has 31 heavy (non-hydrogen) atoms. The van der Waals surface area contributed by atoms with Gasteiger partial charge >= 0.3 is 5.97 Å². The van der Waals surface area contributed by atoms with Crippen LogP contribution >= 0.6 is 0 Å². The molecule has 0 radical (unpaired) electrons. The number of ether oxygens (including phenoxy) is 1. The van der Waals surface area contributed by atoms with Gasteiger partial charge in [-0.05, 0) is 81.3 Å². The van der Waals surface area contributed by atoms with Crippen molar-refractivity contribution in [3.8, 4) is 0 Å². The third-order valence-electron chi connectivity index (χ3n) is 7.92. The molecule has 4 saturated carbocycles. The van der Waals surface area contributed by atoms with Crippen LogP contribution in [-0.2, 0) is 24.3 Å². The molecule has 1 heterocycles. The Morgan fingerprint density at radius 2 is 1.68 bits per heavy atom. The molecule has 6 rings (SSSR count). The summed E-state index contributed by atoms with van der Waals surface area (Å²) in [5.74, 6) is 1.29. The van der Waals surface area contributed by atoms with E-state index < -0.39 is 22.0 Å². The van der Waals surface area contributed by atoms with Crippen molar-refractivity contribution in [3.63, 3.8) is 0 Å². The Balaban J connectivity index is 1.42. The molecule has 1 aliphatic heterocycles. The van der Waals surface area contributed by atoms with Gasteiger partial charge in [-0.15, -0.1) is 0 Å². The fourth-order valence-corrected chi connectivity index (χ4v) is 8.76. The van der Waals surface area contributed by atoms with Gasteiger partial charge in [-0.3, -0.25) is 9.59 Å².